The van der Waals surface area contributed by atoms with E-state index in [0.29, 0.717) is 15.9 Å². The lowest BCUT2D eigenvalue weighted by Gasteiger charge is -2.24. The summed E-state index contributed by atoms with van der Waals surface area (Å²) in [5, 5.41) is 1.02. The highest BCUT2D eigenvalue weighted by atomic mass is 35.5. The molecule has 0 bridgehead atoms. The lowest BCUT2D eigenvalue weighted by molar-refractivity contribution is -0.117. The van der Waals surface area contributed by atoms with Crippen LogP contribution in [0.1, 0.15) is 5.56 Å². The van der Waals surface area contributed by atoms with Crippen LogP contribution >= 0.6 is 23.4 Å². The zero-order chi connectivity index (χ0) is 20.6. The maximum Gasteiger partial charge on any atom is 0.252 e. The van der Waals surface area contributed by atoms with Crippen molar-refractivity contribution in [2.24, 2.45) is 4.99 Å². The second-order valence-electron chi connectivity index (χ2n) is 6.96. The number of anilines is 1. The minimum atomic E-state index is -3.10. The number of carbonyl (C=O) groups is 1. The molecule has 2 aliphatic rings. The molecule has 29 heavy (non-hydrogen) atoms. The summed E-state index contributed by atoms with van der Waals surface area (Å²) in [4.78, 5) is 18.8. The van der Waals surface area contributed by atoms with Gasteiger partial charge in [0.15, 0.2) is 15.0 Å². The average molecular weight is 451 g/mol. The molecule has 4 rings (SSSR count). The van der Waals surface area contributed by atoms with E-state index in [-0.39, 0.29) is 35.1 Å². The molecular formula is C20H19ClN2O4S2. The van der Waals surface area contributed by atoms with E-state index in [1.807, 2.05) is 29.2 Å². The molecule has 2 aromatic rings. The van der Waals surface area contributed by atoms with Gasteiger partial charge in [-0.25, -0.2) is 8.42 Å². The molecule has 2 unspecified atom stereocenters. The summed E-state index contributed by atoms with van der Waals surface area (Å²) in [5.41, 5.74) is 1.62. The second kappa shape index (κ2) is 8.01. The highest BCUT2D eigenvalue weighted by Crippen LogP contribution is 2.41. The van der Waals surface area contributed by atoms with Crippen molar-refractivity contribution in [2.75, 3.05) is 23.5 Å². The Kier molecular flexibility index (Phi) is 5.59. The van der Waals surface area contributed by atoms with Crippen molar-refractivity contribution in [2.45, 2.75) is 17.7 Å². The third-order valence-corrected chi connectivity index (χ3v) is 8.37. The highest BCUT2D eigenvalue weighted by Gasteiger charge is 2.49. The standard InChI is InChI=1S/C20H19ClN2O4S2/c1-27-16-8-6-15(7-9-16)23-17-11-29(25,26)12-18(17)28-20(23)22-19(24)10-13-2-4-14(21)5-3-13/h2-9,17-18H,10-12H2,1H3. The minimum absolute atomic E-state index is 0.0566. The van der Waals surface area contributed by atoms with Crippen LogP contribution in [0.15, 0.2) is 53.5 Å². The summed E-state index contributed by atoms with van der Waals surface area (Å²) >= 11 is 7.25. The largest absolute Gasteiger partial charge is 0.497 e. The molecule has 2 fully saturated rings. The van der Waals surface area contributed by atoms with E-state index >= 15 is 0 Å². The van der Waals surface area contributed by atoms with Gasteiger partial charge in [0, 0.05) is 16.0 Å². The van der Waals surface area contributed by atoms with E-state index in [1.54, 1.807) is 31.4 Å². The van der Waals surface area contributed by atoms with Gasteiger partial charge >= 0.3 is 0 Å². The summed E-state index contributed by atoms with van der Waals surface area (Å²) in [7, 11) is -1.52. The van der Waals surface area contributed by atoms with Gasteiger partial charge in [0.2, 0.25) is 0 Å². The van der Waals surface area contributed by atoms with E-state index in [1.165, 1.54) is 11.8 Å². The molecule has 0 N–H and O–H groups in total. The van der Waals surface area contributed by atoms with Crippen molar-refractivity contribution in [3.8, 4) is 5.75 Å². The zero-order valence-corrected chi connectivity index (χ0v) is 18.0. The molecule has 2 aliphatic heterocycles. The first-order valence-electron chi connectivity index (χ1n) is 9.01. The normalized spacial score (nSPS) is 23.9. The van der Waals surface area contributed by atoms with Gasteiger partial charge in [0.05, 0.1) is 31.1 Å². The number of amides is 1. The molecule has 2 atom stereocenters. The summed E-state index contributed by atoms with van der Waals surface area (Å²) in [5.74, 6) is 0.574. The first-order chi connectivity index (χ1) is 13.8. The molecule has 1 amide bonds. The summed E-state index contributed by atoms with van der Waals surface area (Å²) in [6, 6.07) is 14.2. The van der Waals surface area contributed by atoms with Gasteiger partial charge in [-0.05, 0) is 42.0 Å². The molecule has 2 heterocycles. The Bertz CT molecular complexity index is 1050. The third kappa shape index (κ3) is 4.44. The Morgan fingerprint density at radius 3 is 2.52 bits per heavy atom. The van der Waals surface area contributed by atoms with Crippen molar-refractivity contribution in [3.63, 3.8) is 0 Å². The van der Waals surface area contributed by atoms with Crippen LogP contribution in [0.3, 0.4) is 0 Å². The number of halogens is 1. The van der Waals surface area contributed by atoms with Crippen molar-refractivity contribution in [3.05, 3.63) is 59.1 Å². The zero-order valence-electron chi connectivity index (χ0n) is 15.6. The number of nitrogens with zero attached hydrogens (tertiary/aromatic N) is 2. The van der Waals surface area contributed by atoms with Gasteiger partial charge in [-0.15, -0.1) is 0 Å². The van der Waals surface area contributed by atoms with E-state index in [2.05, 4.69) is 4.99 Å². The summed E-state index contributed by atoms with van der Waals surface area (Å²) < 4.78 is 29.5. The number of ether oxygens (including phenoxy) is 1. The fourth-order valence-electron chi connectivity index (χ4n) is 3.53. The molecule has 152 valence electrons. The molecule has 9 heteroatoms. The number of rotatable bonds is 4. The highest BCUT2D eigenvalue weighted by molar-refractivity contribution is 8.16. The first-order valence-corrected chi connectivity index (χ1v) is 12.1. The first kappa shape index (κ1) is 20.3. The van der Waals surface area contributed by atoms with Crippen molar-refractivity contribution < 1.29 is 17.9 Å². The second-order valence-corrected chi connectivity index (χ2v) is 10.8. The number of hydrogen-bond donors (Lipinski definition) is 0. The SMILES string of the molecule is COc1ccc(N2C(=NC(=O)Cc3ccc(Cl)cc3)SC3CS(=O)(=O)CC32)cc1. The minimum Gasteiger partial charge on any atom is -0.497 e. The number of thioether (sulfide) groups is 1. The number of carbonyl (C=O) groups excluding carboxylic acids is 1. The molecule has 0 aliphatic carbocycles. The molecule has 0 radical (unpaired) electrons. The maximum atomic E-state index is 12.6. The molecule has 0 aromatic heterocycles. The lowest BCUT2D eigenvalue weighted by atomic mass is 10.1. The topological polar surface area (TPSA) is 76.0 Å². The number of fused-ring (bicyclic) bond motifs is 1. The van der Waals surface area contributed by atoms with Crippen LogP contribution in [0.2, 0.25) is 5.02 Å². The predicted molar refractivity (Wildman–Crippen MR) is 117 cm³/mol. The van der Waals surface area contributed by atoms with Crippen molar-refractivity contribution in [1.29, 1.82) is 0 Å². The van der Waals surface area contributed by atoms with Crippen molar-refractivity contribution in [1.82, 2.24) is 0 Å². The Hall–Kier alpha value is -2.03. The predicted octanol–water partition coefficient (Wildman–Crippen LogP) is 3.19. The monoisotopic (exact) mass is 450 g/mol. The number of methoxy groups -OCH3 is 1. The van der Waals surface area contributed by atoms with Crippen LogP contribution in [0.25, 0.3) is 0 Å². The molecule has 0 spiro atoms. The number of aliphatic imine (C=N–C) groups is 1. The average Bonchev–Trinajstić information content (AvgIpc) is 3.14. The van der Waals surface area contributed by atoms with Gasteiger partial charge in [0.25, 0.3) is 5.91 Å². The van der Waals surface area contributed by atoms with Crippen LogP contribution in [0, 0.1) is 0 Å². The fourth-order valence-corrected chi connectivity index (χ4v) is 7.59. The van der Waals surface area contributed by atoms with Crippen LogP contribution in [0.4, 0.5) is 5.69 Å². The van der Waals surface area contributed by atoms with Gasteiger partial charge < -0.3 is 9.64 Å². The third-order valence-electron chi connectivity index (χ3n) is 4.91. The molecule has 2 aromatic carbocycles. The van der Waals surface area contributed by atoms with Crippen LogP contribution in [0.5, 0.6) is 5.75 Å². The van der Waals surface area contributed by atoms with E-state index < -0.39 is 9.84 Å². The number of sulfone groups is 1. The molecule has 2 saturated heterocycles. The number of hydrogen-bond acceptors (Lipinski definition) is 5. The van der Waals surface area contributed by atoms with E-state index in [4.69, 9.17) is 16.3 Å². The summed E-state index contributed by atoms with van der Waals surface area (Å²) in [6.07, 6.45) is 0.158. The van der Waals surface area contributed by atoms with Gasteiger partial charge in [-0.1, -0.05) is 35.5 Å². The van der Waals surface area contributed by atoms with Crippen LogP contribution < -0.4 is 9.64 Å². The smallest absolute Gasteiger partial charge is 0.252 e. The summed E-state index contributed by atoms with van der Waals surface area (Å²) in [6.45, 7) is 0. The number of amidine groups is 1. The lowest BCUT2D eigenvalue weighted by Crippen LogP contribution is -2.37. The quantitative estimate of drug-likeness (QED) is 0.712. The Morgan fingerprint density at radius 1 is 1.17 bits per heavy atom. The fraction of sp³-hybridized carbons (Fsp3) is 0.300. The maximum absolute atomic E-state index is 12.6. The molecule has 6 nitrogen and oxygen atoms in total. The van der Waals surface area contributed by atoms with Gasteiger partial charge in [-0.3, -0.25) is 4.79 Å². The Morgan fingerprint density at radius 2 is 1.86 bits per heavy atom. The Labute approximate surface area is 178 Å². The number of benzene rings is 2. The van der Waals surface area contributed by atoms with Crippen LogP contribution in [-0.4, -0.2) is 49.4 Å². The molecule has 0 saturated carbocycles. The Balaban J connectivity index is 1.62. The molecular weight excluding hydrogens is 432 g/mol. The van der Waals surface area contributed by atoms with Gasteiger partial charge in [0.1, 0.15) is 5.75 Å². The van der Waals surface area contributed by atoms with Gasteiger partial charge in [-0.2, -0.15) is 4.99 Å². The van der Waals surface area contributed by atoms with Crippen molar-refractivity contribution >= 4 is 50.0 Å². The van der Waals surface area contributed by atoms with E-state index in [0.717, 1.165) is 11.3 Å². The van der Waals surface area contributed by atoms with Crippen LogP contribution in [-0.2, 0) is 21.1 Å². The van der Waals surface area contributed by atoms with E-state index in [9.17, 15) is 13.2 Å².